The fraction of sp³-hybridized carbons (Fsp3) is 0.500. The molecular weight excluding hydrogens is 242 g/mol. The number of benzene rings is 1. The van der Waals surface area contributed by atoms with E-state index in [9.17, 15) is 4.79 Å². The molecule has 0 aromatic heterocycles. The zero-order valence-electron chi connectivity index (χ0n) is 11.6. The van der Waals surface area contributed by atoms with Crippen molar-refractivity contribution in [1.29, 1.82) is 0 Å². The monoisotopic (exact) mass is 263 g/mol. The van der Waals surface area contributed by atoms with E-state index in [1.807, 2.05) is 48.2 Å². The summed E-state index contributed by atoms with van der Waals surface area (Å²) in [6.07, 6.45) is 0. The number of amides is 1. The summed E-state index contributed by atoms with van der Waals surface area (Å²) in [4.78, 5) is 15.9. The predicted octanol–water partition coefficient (Wildman–Crippen LogP) is 1.02. The molecule has 1 aliphatic heterocycles. The topological polar surface area (TPSA) is 44.8 Å². The summed E-state index contributed by atoms with van der Waals surface area (Å²) in [7, 11) is 3.98. The maximum Gasteiger partial charge on any atom is 0.242 e. The van der Waals surface area contributed by atoms with Crippen LogP contribution in [0.25, 0.3) is 0 Å². The molecule has 5 heteroatoms. The lowest BCUT2D eigenvalue weighted by Gasteiger charge is -2.27. The van der Waals surface area contributed by atoms with Crippen molar-refractivity contribution in [2.45, 2.75) is 0 Å². The Morgan fingerprint density at radius 2 is 2.00 bits per heavy atom. The highest BCUT2D eigenvalue weighted by molar-refractivity contribution is 5.82. The minimum absolute atomic E-state index is 0.122. The number of hydrogen-bond donors (Lipinski definition) is 1. The standard InChI is InChI=1S/C14H21N3O2/c1-16(2)13-6-4-3-5-12(13)15-11-14(18)17-7-9-19-10-8-17/h3-6,15H,7-11H2,1-2H3. The Morgan fingerprint density at radius 1 is 1.32 bits per heavy atom. The van der Waals surface area contributed by atoms with Crippen molar-refractivity contribution in [3.63, 3.8) is 0 Å². The van der Waals surface area contributed by atoms with E-state index in [4.69, 9.17) is 4.74 Å². The summed E-state index contributed by atoms with van der Waals surface area (Å²) in [5.74, 6) is 0.122. The fourth-order valence-corrected chi connectivity index (χ4v) is 2.11. The summed E-state index contributed by atoms with van der Waals surface area (Å²) in [5, 5.41) is 3.22. The van der Waals surface area contributed by atoms with Crippen molar-refractivity contribution in [3.8, 4) is 0 Å². The van der Waals surface area contributed by atoms with Crippen molar-refractivity contribution in [1.82, 2.24) is 4.90 Å². The molecule has 1 aromatic carbocycles. The quantitative estimate of drug-likeness (QED) is 0.881. The highest BCUT2D eigenvalue weighted by atomic mass is 16.5. The minimum atomic E-state index is 0.122. The molecular formula is C14H21N3O2. The number of ether oxygens (including phenoxy) is 1. The highest BCUT2D eigenvalue weighted by Gasteiger charge is 2.16. The number of nitrogens with one attached hydrogen (secondary N) is 1. The van der Waals surface area contributed by atoms with Gasteiger partial charge in [-0.15, -0.1) is 0 Å². The van der Waals surface area contributed by atoms with E-state index >= 15 is 0 Å². The molecule has 5 nitrogen and oxygen atoms in total. The molecule has 0 bridgehead atoms. The lowest BCUT2D eigenvalue weighted by molar-refractivity contribution is -0.133. The average molecular weight is 263 g/mol. The number of para-hydroxylation sites is 2. The SMILES string of the molecule is CN(C)c1ccccc1NCC(=O)N1CCOCC1. The van der Waals surface area contributed by atoms with Gasteiger partial charge in [0.25, 0.3) is 0 Å². The van der Waals surface area contributed by atoms with Gasteiger partial charge in [0.15, 0.2) is 0 Å². The Bertz CT molecular complexity index is 428. The van der Waals surface area contributed by atoms with Gasteiger partial charge in [0.1, 0.15) is 0 Å². The Labute approximate surface area is 114 Å². The first-order valence-electron chi connectivity index (χ1n) is 6.54. The van der Waals surface area contributed by atoms with Crippen LogP contribution in [0.5, 0.6) is 0 Å². The fourth-order valence-electron chi connectivity index (χ4n) is 2.11. The second-order valence-corrected chi connectivity index (χ2v) is 4.76. The molecule has 0 aliphatic carbocycles. The molecule has 1 aliphatic rings. The van der Waals surface area contributed by atoms with Crippen molar-refractivity contribution < 1.29 is 9.53 Å². The van der Waals surface area contributed by atoms with E-state index in [1.165, 1.54) is 0 Å². The first-order valence-corrected chi connectivity index (χ1v) is 6.54. The van der Waals surface area contributed by atoms with Gasteiger partial charge in [-0.2, -0.15) is 0 Å². The van der Waals surface area contributed by atoms with Gasteiger partial charge in [-0.3, -0.25) is 4.79 Å². The van der Waals surface area contributed by atoms with Crippen LogP contribution in [0.1, 0.15) is 0 Å². The lowest BCUT2D eigenvalue weighted by Crippen LogP contribution is -2.43. The molecule has 104 valence electrons. The summed E-state index contributed by atoms with van der Waals surface area (Å²) >= 11 is 0. The maximum atomic E-state index is 12.0. The molecule has 1 N–H and O–H groups in total. The molecule has 2 rings (SSSR count). The van der Waals surface area contributed by atoms with Crippen LogP contribution in [0.15, 0.2) is 24.3 Å². The number of nitrogens with zero attached hydrogens (tertiary/aromatic N) is 2. The second-order valence-electron chi connectivity index (χ2n) is 4.76. The predicted molar refractivity (Wildman–Crippen MR) is 76.7 cm³/mol. The number of carbonyl (C=O) groups is 1. The summed E-state index contributed by atoms with van der Waals surface area (Å²) in [6, 6.07) is 7.97. The Morgan fingerprint density at radius 3 is 2.68 bits per heavy atom. The normalized spacial score (nSPS) is 15.2. The Balaban J connectivity index is 1.93. The van der Waals surface area contributed by atoms with Crippen molar-refractivity contribution in [2.24, 2.45) is 0 Å². The molecule has 1 amide bonds. The van der Waals surface area contributed by atoms with E-state index in [2.05, 4.69) is 5.32 Å². The smallest absolute Gasteiger partial charge is 0.242 e. The van der Waals surface area contributed by atoms with Crippen molar-refractivity contribution in [3.05, 3.63) is 24.3 Å². The van der Waals surface area contributed by atoms with E-state index in [0.717, 1.165) is 11.4 Å². The molecule has 1 fully saturated rings. The van der Waals surface area contributed by atoms with Crippen LogP contribution < -0.4 is 10.2 Å². The highest BCUT2D eigenvalue weighted by Crippen LogP contribution is 2.23. The van der Waals surface area contributed by atoms with Crippen LogP contribution in [0, 0.1) is 0 Å². The maximum absolute atomic E-state index is 12.0. The first-order chi connectivity index (χ1) is 9.18. The zero-order valence-corrected chi connectivity index (χ0v) is 11.6. The average Bonchev–Trinajstić information content (AvgIpc) is 2.46. The molecule has 0 atom stereocenters. The molecule has 19 heavy (non-hydrogen) atoms. The molecule has 1 saturated heterocycles. The van der Waals surface area contributed by atoms with Crippen LogP contribution in [-0.4, -0.2) is 57.8 Å². The van der Waals surface area contributed by atoms with Crippen LogP contribution >= 0.6 is 0 Å². The molecule has 0 spiro atoms. The van der Waals surface area contributed by atoms with Crippen molar-refractivity contribution in [2.75, 3.05) is 57.2 Å². The first kappa shape index (κ1) is 13.7. The van der Waals surface area contributed by atoms with Gasteiger partial charge in [0.2, 0.25) is 5.91 Å². The second kappa shape index (κ2) is 6.43. The third kappa shape index (κ3) is 3.61. The van der Waals surface area contributed by atoms with Crippen molar-refractivity contribution >= 4 is 17.3 Å². The van der Waals surface area contributed by atoms with Gasteiger partial charge in [-0.25, -0.2) is 0 Å². The number of morpholine rings is 1. The third-order valence-electron chi connectivity index (χ3n) is 3.18. The summed E-state index contributed by atoms with van der Waals surface area (Å²) in [5.41, 5.74) is 2.06. The number of carbonyl (C=O) groups excluding carboxylic acids is 1. The lowest BCUT2D eigenvalue weighted by atomic mass is 10.2. The summed E-state index contributed by atoms with van der Waals surface area (Å²) < 4.78 is 5.24. The van der Waals surface area contributed by atoms with Gasteiger partial charge in [0, 0.05) is 27.2 Å². The van der Waals surface area contributed by atoms with E-state index in [0.29, 0.717) is 32.8 Å². The zero-order chi connectivity index (χ0) is 13.7. The van der Waals surface area contributed by atoms with Gasteiger partial charge < -0.3 is 19.9 Å². The van der Waals surface area contributed by atoms with E-state index in [-0.39, 0.29) is 5.91 Å². The van der Waals surface area contributed by atoms with Gasteiger partial charge >= 0.3 is 0 Å². The number of anilines is 2. The molecule has 0 saturated carbocycles. The van der Waals surface area contributed by atoms with Crippen LogP contribution in [0.4, 0.5) is 11.4 Å². The Kier molecular flexibility index (Phi) is 4.63. The molecule has 0 unspecified atom stereocenters. The van der Waals surface area contributed by atoms with Gasteiger partial charge in [0.05, 0.1) is 31.1 Å². The molecule has 1 aromatic rings. The van der Waals surface area contributed by atoms with Crippen LogP contribution in [-0.2, 0) is 9.53 Å². The third-order valence-corrected chi connectivity index (χ3v) is 3.18. The van der Waals surface area contributed by atoms with E-state index < -0.39 is 0 Å². The minimum Gasteiger partial charge on any atom is -0.378 e. The Hall–Kier alpha value is -1.75. The number of hydrogen-bond acceptors (Lipinski definition) is 4. The van der Waals surface area contributed by atoms with Gasteiger partial charge in [-0.05, 0) is 12.1 Å². The van der Waals surface area contributed by atoms with Crippen LogP contribution in [0.3, 0.4) is 0 Å². The summed E-state index contributed by atoms with van der Waals surface area (Å²) in [6.45, 7) is 2.98. The molecule has 1 heterocycles. The number of rotatable bonds is 4. The van der Waals surface area contributed by atoms with E-state index in [1.54, 1.807) is 0 Å². The largest absolute Gasteiger partial charge is 0.378 e. The van der Waals surface area contributed by atoms with Gasteiger partial charge in [-0.1, -0.05) is 12.1 Å². The van der Waals surface area contributed by atoms with Crippen LogP contribution in [0.2, 0.25) is 0 Å². The molecule has 0 radical (unpaired) electrons.